The van der Waals surface area contributed by atoms with Crippen LogP contribution in [0.4, 0.5) is 0 Å². The number of aromatic nitrogens is 2. The van der Waals surface area contributed by atoms with Crippen molar-refractivity contribution in [1.29, 1.82) is 0 Å². The van der Waals surface area contributed by atoms with Crippen LogP contribution >= 0.6 is 0 Å². The lowest BCUT2D eigenvalue weighted by atomic mass is 9.96. The van der Waals surface area contributed by atoms with E-state index in [2.05, 4.69) is 6.07 Å². The van der Waals surface area contributed by atoms with Crippen LogP contribution in [-0.2, 0) is 46.0 Å². The van der Waals surface area contributed by atoms with Crippen LogP contribution < -0.4 is 20.7 Å². The third-order valence-corrected chi connectivity index (χ3v) is 8.58. The van der Waals surface area contributed by atoms with Gasteiger partial charge in [-0.3, -0.25) is 19.0 Å². The lowest BCUT2D eigenvalue weighted by Gasteiger charge is -2.16. The van der Waals surface area contributed by atoms with E-state index in [0.29, 0.717) is 62.6 Å². The van der Waals surface area contributed by atoms with Crippen LogP contribution in [-0.4, -0.2) is 47.5 Å². The minimum Gasteiger partial charge on any atom is -0.494 e. The lowest BCUT2D eigenvalue weighted by molar-refractivity contribution is -0.144. The normalized spacial score (nSPS) is 10.9. The highest BCUT2D eigenvalue weighted by molar-refractivity contribution is 5.74. The molecule has 0 unspecified atom stereocenters. The Kier molecular flexibility index (Phi) is 15.1. The Balaban J connectivity index is 1.36. The monoisotopic (exact) mass is 698 g/mol. The number of esters is 2. The molecule has 0 spiro atoms. The molecule has 0 N–H and O–H groups in total. The summed E-state index contributed by atoms with van der Waals surface area (Å²) in [6.45, 7) is 5.19. The number of hydrogen-bond acceptors (Lipinski definition) is 8. The Morgan fingerprint density at radius 1 is 0.667 bits per heavy atom. The maximum atomic E-state index is 13.1. The van der Waals surface area contributed by atoms with Crippen molar-refractivity contribution in [3.8, 4) is 33.8 Å². The van der Waals surface area contributed by atoms with Gasteiger partial charge >= 0.3 is 17.6 Å². The summed E-state index contributed by atoms with van der Waals surface area (Å²) in [5, 5.41) is 0. The minimum atomic E-state index is -0.379. The largest absolute Gasteiger partial charge is 0.494 e. The molecular weight excluding hydrogens is 648 g/mol. The molecule has 0 radical (unpaired) electrons. The van der Waals surface area contributed by atoms with Crippen LogP contribution in [0.15, 0.2) is 82.5 Å². The number of aryl methyl sites for hydroxylation is 2. The van der Waals surface area contributed by atoms with Crippen molar-refractivity contribution in [2.24, 2.45) is 14.1 Å². The Morgan fingerprint density at radius 3 is 2.10 bits per heavy atom. The summed E-state index contributed by atoms with van der Waals surface area (Å²) in [5.41, 5.74) is 4.45. The summed E-state index contributed by atoms with van der Waals surface area (Å²) >= 11 is 0. The van der Waals surface area contributed by atoms with E-state index >= 15 is 0 Å². The van der Waals surface area contributed by atoms with Crippen molar-refractivity contribution in [2.45, 2.75) is 71.6 Å². The molecule has 0 aliphatic carbocycles. The summed E-state index contributed by atoms with van der Waals surface area (Å²) in [4.78, 5) is 49.3. The summed E-state index contributed by atoms with van der Waals surface area (Å²) in [5.74, 6) is 0.926. The Hall–Kier alpha value is -5.12. The molecule has 1 aromatic heterocycles. The van der Waals surface area contributed by atoms with Crippen molar-refractivity contribution in [3.05, 3.63) is 105 Å². The lowest BCUT2D eigenvalue weighted by Crippen LogP contribution is -2.37. The Labute approximate surface area is 299 Å². The van der Waals surface area contributed by atoms with E-state index in [1.165, 1.54) is 11.6 Å². The number of ether oxygens (including phenoxy) is 4. The quantitative estimate of drug-likeness (QED) is 0.0730. The van der Waals surface area contributed by atoms with Crippen LogP contribution in [0.5, 0.6) is 11.5 Å². The molecule has 272 valence electrons. The molecule has 4 aromatic rings. The number of benzene rings is 3. The zero-order valence-corrected chi connectivity index (χ0v) is 30.3. The summed E-state index contributed by atoms with van der Waals surface area (Å²) < 4.78 is 25.0. The van der Waals surface area contributed by atoms with E-state index in [4.69, 9.17) is 18.9 Å². The van der Waals surface area contributed by atoms with E-state index in [0.717, 1.165) is 64.7 Å². The van der Waals surface area contributed by atoms with E-state index in [1.54, 1.807) is 27.1 Å². The van der Waals surface area contributed by atoms with E-state index < -0.39 is 0 Å². The fourth-order valence-electron chi connectivity index (χ4n) is 5.96. The first-order valence-electron chi connectivity index (χ1n) is 17.9. The molecule has 0 aliphatic rings. The number of carbonyl (C=O) groups is 2. The molecule has 51 heavy (non-hydrogen) atoms. The number of unbranched alkanes of at least 4 members (excludes halogenated alkanes) is 3. The molecule has 10 nitrogen and oxygen atoms in total. The van der Waals surface area contributed by atoms with E-state index in [9.17, 15) is 19.2 Å². The second-order valence-corrected chi connectivity index (χ2v) is 12.4. The van der Waals surface area contributed by atoms with Crippen LogP contribution in [0, 0.1) is 0 Å². The predicted octanol–water partition coefficient (Wildman–Crippen LogP) is 6.82. The molecule has 1 heterocycles. The van der Waals surface area contributed by atoms with Gasteiger partial charge in [0.15, 0.2) is 0 Å². The van der Waals surface area contributed by atoms with Gasteiger partial charge < -0.3 is 23.5 Å². The van der Waals surface area contributed by atoms with Crippen LogP contribution in [0.25, 0.3) is 22.3 Å². The fraction of sp³-hybridized carbons (Fsp3) is 0.415. The number of hydrogen-bond donors (Lipinski definition) is 0. The van der Waals surface area contributed by atoms with Gasteiger partial charge in [-0.2, -0.15) is 0 Å². The predicted molar refractivity (Wildman–Crippen MR) is 198 cm³/mol. The van der Waals surface area contributed by atoms with E-state index in [-0.39, 0.29) is 29.6 Å². The van der Waals surface area contributed by atoms with Gasteiger partial charge in [0.2, 0.25) is 0 Å². The zero-order valence-electron chi connectivity index (χ0n) is 30.3. The SMILES string of the molecule is CCOC(=O)CCCOc1cccc(CCCCCCOc2cc(-c3ccccc3)cc(-c3cn(C)c(=O)n(C)c3=O)c2)c1CCC(=O)OCC. The second-order valence-electron chi connectivity index (χ2n) is 12.4. The van der Waals surface area contributed by atoms with Gasteiger partial charge in [0, 0.05) is 33.1 Å². The summed E-state index contributed by atoms with van der Waals surface area (Å²) in [7, 11) is 3.12. The summed E-state index contributed by atoms with van der Waals surface area (Å²) in [6, 6.07) is 21.7. The molecule has 0 saturated heterocycles. The molecular formula is C41H50N2O8. The van der Waals surface area contributed by atoms with Gasteiger partial charge in [0.1, 0.15) is 11.5 Å². The maximum Gasteiger partial charge on any atom is 0.330 e. The van der Waals surface area contributed by atoms with Gasteiger partial charge in [0.05, 0.1) is 32.0 Å². The third-order valence-electron chi connectivity index (χ3n) is 8.58. The van der Waals surface area contributed by atoms with Gasteiger partial charge in [-0.15, -0.1) is 0 Å². The van der Waals surface area contributed by atoms with Gasteiger partial charge in [-0.25, -0.2) is 4.79 Å². The Bertz CT molecular complexity index is 1860. The second kappa shape index (κ2) is 19.9. The van der Waals surface area contributed by atoms with Crippen LogP contribution in [0.3, 0.4) is 0 Å². The van der Waals surface area contributed by atoms with Crippen molar-refractivity contribution >= 4 is 11.9 Å². The standard InChI is InChI=1S/C41H50N2O8/c1-5-48-38(44)21-15-25-51-37-20-14-19-31(35(37)22-23-39(45)49-6-2)18-10-7-8-13-24-50-34-27-32(30-16-11-9-12-17-30)26-33(28-34)36-29-42(3)41(47)43(4)40(36)46/h9,11-12,14,16-17,19-20,26-29H,5-8,10,13,15,18,21-25H2,1-4H3. The van der Waals surface area contributed by atoms with Crippen molar-refractivity contribution in [3.63, 3.8) is 0 Å². The molecule has 0 bridgehead atoms. The van der Waals surface area contributed by atoms with Gasteiger partial charge in [0.25, 0.3) is 5.56 Å². The van der Waals surface area contributed by atoms with Gasteiger partial charge in [-0.1, -0.05) is 55.3 Å². The molecule has 0 amide bonds. The average Bonchev–Trinajstić information content (AvgIpc) is 3.13. The number of nitrogens with zero attached hydrogens (tertiary/aromatic N) is 2. The molecule has 0 aliphatic heterocycles. The maximum absolute atomic E-state index is 13.1. The molecule has 10 heteroatoms. The fourth-order valence-corrected chi connectivity index (χ4v) is 5.96. The number of carbonyl (C=O) groups excluding carboxylic acids is 2. The van der Waals surface area contributed by atoms with E-state index in [1.807, 2.05) is 60.7 Å². The van der Waals surface area contributed by atoms with Gasteiger partial charge in [-0.05, 0) is 98.0 Å². The molecule has 3 aromatic carbocycles. The Morgan fingerprint density at radius 2 is 1.35 bits per heavy atom. The first-order chi connectivity index (χ1) is 24.7. The zero-order chi connectivity index (χ0) is 36.6. The minimum absolute atomic E-state index is 0.235. The van der Waals surface area contributed by atoms with Crippen LogP contribution in [0.2, 0.25) is 0 Å². The highest BCUT2D eigenvalue weighted by Crippen LogP contribution is 2.31. The topological polar surface area (TPSA) is 115 Å². The smallest absolute Gasteiger partial charge is 0.330 e. The van der Waals surface area contributed by atoms with Crippen molar-refractivity contribution in [1.82, 2.24) is 9.13 Å². The molecule has 0 saturated carbocycles. The molecule has 0 atom stereocenters. The summed E-state index contributed by atoms with van der Waals surface area (Å²) in [6.07, 6.45) is 7.83. The van der Waals surface area contributed by atoms with Crippen molar-refractivity contribution < 1.29 is 28.5 Å². The average molecular weight is 699 g/mol. The van der Waals surface area contributed by atoms with Crippen LogP contribution in [0.1, 0.15) is 69.9 Å². The number of rotatable bonds is 20. The van der Waals surface area contributed by atoms with Crippen molar-refractivity contribution in [2.75, 3.05) is 26.4 Å². The highest BCUT2D eigenvalue weighted by Gasteiger charge is 2.15. The first kappa shape index (κ1) is 38.7. The third kappa shape index (κ3) is 11.5. The molecule has 4 rings (SSSR count). The first-order valence-corrected chi connectivity index (χ1v) is 17.9. The highest BCUT2D eigenvalue weighted by atomic mass is 16.5. The molecule has 0 fully saturated rings.